The van der Waals surface area contributed by atoms with Crippen LogP contribution in [0.1, 0.15) is 31.4 Å². The molecule has 0 saturated carbocycles. The second kappa shape index (κ2) is 6.66. The van der Waals surface area contributed by atoms with Crippen molar-refractivity contribution in [2.24, 2.45) is 5.73 Å². The van der Waals surface area contributed by atoms with E-state index in [4.69, 9.17) is 5.73 Å². The Morgan fingerprint density at radius 1 is 1.50 bits per heavy atom. The molecule has 20 heavy (non-hydrogen) atoms. The molecule has 0 aliphatic carbocycles. The van der Waals surface area contributed by atoms with Crippen LogP contribution in [0.4, 0.5) is 4.39 Å². The minimum Gasteiger partial charge on any atom is -0.326 e. The zero-order valence-corrected chi connectivity index (χ0v) is 12.7. The molecule has 3 atom stereocenters. The van der Waals surface area contributed by atoms with E-state index in [0.717, 1.165) is 12.1 Å². The molecule has 1 fully saturated rings. The molecule has 0 aromatic heterocycles. The third kappa shape index (κ3) is 3.57. The molecule has 1 aliphatic heterocycles. The van der Waals surface area contributed by atoms with Crippen molar-refractivity contribution in [3.8, 4) is 0 Å². The largest absolute Gasteiger partial charge is 0.326 e. The summed E-state index contributed by atoms with van der Waals surface area (Å²) in [6.07, 6.45) is 2.49. The molecule has 1 saturated heterocycles. The van der Waals surface area contributed by atoms with E-state index in [1.54, 1.807) is 12.1 Å². The Hall–Kier alpha value is -0.970. The van der Waals surface area contributed by atoms with Crippen molar-refractivity contribution in [1.82, 2.24) is 9.80 Å². The van der Waals surface area contributed by atoms with Crippen LogP contribution in [-0.4, -0.2) is 49.1 Å². The van der Waals surface area contributed by atoms with Gasteiger partial charge in [-0.05, 0) is 58.1 Å². The van der Waals surface area contributed by atoms with E-state index in [0.29, 0.717) is 6.04 Å². The van der Waals surface area contributed by atoms with Gasteiger partial charge in [0.05, 0.1) is 0 Å². The first kappa shape index (κ1) is 15.4. The van der Waals surface area contributed by atoms with Crippen LogP contribution < -0.4 is 5.73 Å². The molecule has 1 aromatic rings. The molecular formula is C16H26FN3. The maximum atomic E-state index is 13.5. The third-order valence-electron chi connectivity index (χ3n) is 4.33. The number of nitrogens with zero attached hydrogens (tertiary/aromatic N) is 2. The lowest BCUT2D eigenvalue weighted by Gasteiger charge is -2.34. The van der Waals surface area contributed by atoms with Gasteiger partial charge in [-0.3, -0.25) is 4.90 Å². The van der Waals surface area contributed by atoms with Crippen LogP contribution in [0.3, 0.4) is 0 Å². The molecule has 1 aromatic carbocycles. The Morgan fingerprint density at radius 3 is 2.80 bits per heavy atom. The number of benzene rings is 1. The van der Waals surface area contributed by atoms with E-state index in [-0.39, 0.29) is 17.9 Å². The van der Waals surface area contributed by atoms with Gasteiger partial charge in [0.15, 0.2) is 0 Å². The minimum atomic E-state index is -0.195. The highest BCUT2D eigenvalue weighted by Crippen LogP contribution is 2.25. The predicted octanol–water partition coefficient (Wildman–Crippen LogP) is 2.24. The fraction of sp³-hybridized carbons (Fsp3) is 0.625. The first-order valence-electron chi connectivity index (χ1n) is 7.40. The average molecular weight is 279 g/mol. The predicted molar refractivity (Wildman–Crippen MR) is 81.1 cm³/mol. The van der Waals surface area contributed by atoms with Crippen LogP contribution in [0.2, 0.25) is 0 Å². The van der Waals surface area contributed by atoms with E-state index in [1.165, 1.54) is 25.5 Å². The van der Waals surface area contributed by atoms with Crippen LogP contribution in [0.25, 0.3) is 0 Å². The van der Waals surface area contributed by atoms with Crippen LogP contribution in [0.5, 0.6) is 0 Å². The first-order valence-corrected chi connectivity index (χ1v) is 7.40. The van der Waals surface area contributed by atoms with E-state index in [1.807, 2.05) is 13.0 Å². The second-order valence-electron chi connectivity index (χ2n) is 6.08. The summed E-state index contributed by atoms with van der Waals surface area (Å²) in [5.41, 5.74) is 7.11. The summed E-state index contributed by atoms with van der Waals surface area (Å²) >= 11 is 0. The van der Waals surface area contributed by atoms with Gasteiger partial charge in [0.1, 0.15) is 5.82 Å². The van der Waals surface area contributed by atoms with Crippen LogP contribution in [0, 0.1) is 5.82 Å². The summed E-state index contributed by atoms with van der Waals surface area (Å²) in [7, 11) is 4.26. The fourth-order valence-corrected chi connectivity index (χ4v) is 3.31. The summed E-state index contributed by atoms with van der Waals surface area (Å²) in [6.45, 7) is 4.13. The van der Waals surface area contributed by atoms with Gasteiger partial charge >= 0.3 is 0 Å². The number of rotatable bonds is 5. The van der Waals surface area contributed by atoms with Gasteiger partial charge in [0.2, 0.25) is 0 Å². The molecule has 1 heterocycles. The van der Waals surface area contributed by atoms with Crippen molar-refractivity contribution in [3.05, 3.63) is 35.6 Å². The smallest absolute Gasteiger partial charge is 0.123 e. The molecule has 2 N–H and O–H groups in total. The van der Waals surface area contributed by atoms with Gasteiger partial charge in [-0.25, -0.2) is 4.39 Å². The highest BCUT2D eigenvalue weighted by Gasteiger charge is 2.27. The first-order chi connectivity index (χ1) is 9.49. The zero-order chi connectivity index (χ0) is 14.7. The molecule has 0 spiro atoms. The fourth-order valence-electron chi connectivity index (χ4n) is 3.31. The molecule has 112 valence electrons. The molecule has 3 nitrogen and oxygen atoms in total. The third-order valence-corrected chi connectivity index (χ3v) is 4.33. The van der Waals surface area contributed by atoms with Gasteiger partial charge < -0.3 is 10.6 Å². The topological polar surface area (TPSA) is 32.5 Å². The van der Waals surface area contributed by atoms with Gasteiger partial charge in [0, 0.05) is 24.7 Å². The van der Waals surface area contributed by atoms with Crippen LogP contribution in [0.15, 0.2) is 24.3 Å². The van der Waals surface area contributed by atoms with Crippen molar-refractivity contribution in [2.75, 3.05) is 27.2 Å². The van der Waals surface area contributed by atoms with E-state index < -0.39 is 0 Å². The maximum Gasteiger partial charge on any atom is 0.123 e. The lowest BCUT2D eigenvalue weighted by atomic mass is 9.98. The lowest BCUT2D eigenvalue weighted by molar-refractivity contribution is 0.162. The number of likely N-dealkylation sites (N-methyl/N-ethyl adjacent to an activating group) is 2. The number of hydrogen-bond donors (Lipinski definition) is 1. The Kier molecular flexibility index (Phi) is 5.13. The standard InChI is InChI=1S/C16H26FN3/c1-12(18)16(13-6-4-7-14(17)10-13)20(3)11-15-8-5-9-19(15)2/h4,6-7,10,12,15-16H,5,8-9,11,18H2,1-3H3. The summed E-state index contributed by atoms with van der Waals surface area (Å²) in [6, 6.07) is 7.40. The summed E-state index contributed by atoms with van der Waals surface area (Å²) in [5, 5.41) is 0. The Bertz CT molecular complexity index is 435. The highest BCUT2D eigenvalue weighted by atomic mass is 19.1. The molecule has 2 rings (SSSR count). The van der Waals surface area contributed by atoms with Crippen LogP contribution in [-0.2, 0) is 0 Å². The zero-order valence-electron chi connectivity index (χ0n) is 12.7. The maximum absolute atomic E-state index is 13.5. The normalized spacial score (nSPS) is 23.2. The van der Waals surface area contributed by atoms with Gasteiger partial charge in [0.25, 0.3) is 0 Å². The monoisotopic (exact) mass is 279 g/mol. The molecule has 0 bridgehead atoms. The SMILES string of the molecule is CC(N)C(c1cccc(F)c1)N(C)CC1CCCN1C. The Labute approximate surface area is 121 Å². The van der Waals surface area contributed by atoms with Crippen molar-refractivity contribution < 1.29 is 4.39 Å². The van der Waals surface area contributed by atoms with Crippen molar-refractivity contribution in [1.29, 1.82) is 0 Å². The number of hydrogen-bond acceptors (Lipinski definition) is 3. The van der Waals surface area contributed by atoms with Crippen molar-refractivity contribution >= 4 is 0 Å². The summed E-state index contributed by atoms with van der Waals surface area (Å²) < 4.78 is 13.5. The quantitative estimate of drug-likeness (QED) is 0.897. The van der Waals surface area contributed by atoms with Gasteiger partial charge in [-0.1, -0.05) is 12.1 Å². The molecule has 0 amide bonds. The van der Waals surface area contributed by atoms with Gasteiger partial charge in [-0.2, -0.15) is 0 Å². The molecular weight excluding hydrogens is 253 g/mol. The summed E-state index contributed by atoms with van der Waals surface area (Å²) in [4.78, 5) is 4.67. The van der Waals surface area contributed by atoms with E-state index in [2.05, 4.69) is 23.9 Å². The highest BCUT2D eigenvalue weighted by molar-refractivity contribution is 5.21. The van der Waals surface area contributed by atoms with Crippen molar-refractivity contribution in [3.63, 3.8) is 0 Å². The number of halogens is 1. The lowest BCUT2D eigenvalue weighted by Crippen LogP contribution is -2.43. The van der Waals surface area contributed by atoms with E-state index in [9.17, 15) is 4.39 Å². The second-order valence-corrected chi connectivity index (χ2v) is 6.08. The van der Waals surface area contributed by atoms with Gasteiger partial charge in [-0.15, -0.1) is 0 Å². The van der Waals surface area contributed by atoms with Crippen molar-refractivity contribution in [2.45, 2.75) is 37.9 Å². The van der Waals surface area contributed by atoms with Crippen LogP contribution >= 0.6 is 0 Å². The minimum absolute atomic E-state index is 0.0338. The molecule has 1 aliphatic rings. The molecule has 3 unspecified atom stereocenters. The number of nitrogens with two attached hydrogens (primary N) is 1. The Morgan fingerprint density at radius 2 is 2.25 bits per heavy atom. The summed E-state index contributed by atoms with van der Waals surface area (Å²) in [5.74, 6) is -0.195. The molecule has 0 radical (unpaired) electrons. The number of likely N-dealkylation sites (tertiary alicyclic amines) is 1. The average Bonchev–Trinajstić information content (AvgIpc) is 2.74. The van der Waals surface area contributed by atoms with E-state index >= 15 is 0 Å². The Balaban J connectivity index is 2.11. The molecule has 4 heteroatoms.